The summed E-state index contributed by atoms with van der Waals surface area (Å²) in [4.78, 5) is 0. The van der Waals surface area contributed by atoms with Gasteiger partial charge in [-0.2, -0.15) is 0 Å². The molecular weight excluding hydrogens is 134 g/mol. The first-order valence-corrected chi connectivity index (χ1v) is 2.11. The summed E-state index contributed by atoms with van der Waals surface area (Å²) in [7, 11) is 0. The number of nitrogens with two attached hydrogens (primary N) is 1. The molecule has 0 saturated carbocycles. The molecule has 1 radical (unpaired) electrons. The van der Waals surface area contributed by atoms with E-state index in [4.69, 9.17) is 5.73 Å². The second-order valence-electron chi connectivity index (χ2n) is 1.33. The fourth-order valence-corrected chi connectivity index (χ4v) is 0.400. The summed E-state index contributed by atoms with van der Waals surface area (Å²) in [6.07, 6.45) is 0. The van der Waals surface area contributed by atoms with Crippen molar-refractivity contribution in [3.63, 3.8) is 0 Å². The zero-order chi connectivity index (χ0) is 5.11. The maximum absolute atomic E-state index is 5.34. The topological polar surface area (TPSA) is 26.0 Å². The fourth-order valence-electron chi connectivity index (χ4n) is 0.400. The molecule has 1 rings (SSSR count). The predicted octanol–water partition coefficient (Wildman–Crippen LogP) is 1.07. The molecule has 0 unspecified atom stereocenters. The van der Waals surface area contributed by atoms with Crippen LogP contribution in [0.2, 0.25) is 0 Å². The maximum atomic E-state index is 5.34. The molecule has 8 heavy (non-hydrogen) atoms. The Kier molecular flexibility index (Phi) is 3.58. The number of benzene rings is 1. The zero-order valence-electron chi connectivity index (χ0n) is 4.39. The molecule has 0 fully saturated rings. The van der Waals surface area contributed by atoms with Crippen LogP contribution in [0.3, 0.4) is 0 Å². The van der Waals surface area contributed by atoms with Gasteiger partial charge in [0.1, 0.15) is 0 Å². The summed E-state index contributed by atoms with van der Waals surface area (Å²) in [5, 5.41) is 0. The van der Waals surface area contributed by atoms with Gasteiger partial charge >= 0.3 is 0 Å². The Morgan fingerprint density at radius 1 is 1.25 bits per heavy atom. The van der Waals surface area contributed by atoms with Gasteiger partial charge < -0.3 is 5.73 Å². The van der Waals surface area contributed by atoms with Gasteiger partial charge in [0.25, 0.3) is 0 Å². The largest absolute Gasteiger partial charge is 0.399 e. The Bertz CT molecular complexity index is 138. The van der Waals surface area contributed by atoms with Crippen LogP contribution in [0.1, 0.15) is 0 Å². The third-order valence-corrected chi connectivity index (χ3v) is 0.744. The van der Waals surface area contributed by atoms with Crippen LogP contribution in [0.25, 0.3) is 0 Å². The molecule has 0 amide bonds. The van der Waals surface area contributed by atoms with Crippen LogP contribution in [-0.2, 0) is 21.7 Å². The van der Waals surface area contributed by atoms with Crippen molar-refractivity contribution in [1.29, 1.82) is 0 Å². The van der Waals surface area contributed by atoms with Crippen molar-refractivity contribution < 1.29 is 21.7 Å². The molecule has 0 atom stereocenters. The minimum atomic E-state index is 0. The van der Waals surface area contributed by atoms with Gasteiger partial charge in [-0.1, -0.05) is 12.1 Å². The molecule has 0 aliphatic rings. The third-order valence-electron chi connectivity index (χ3n) is 0.744. The summed E-state index contributed by atoms with van der Waals surface area (Å²) in [5.41, 5.74) is 6.13. The third kappa shape index (κ3) is 2.15. The Morgan fingerprint density at radius 3 is 2.00 bits per heavy atom. The molecule has 39 valence electrons. The molecule has 1 nitrogen and oxygen atoms in total. The molecule has 0 aliphatic heterocycles. The van der Waals surface area contributed by atoms with Gasteiger partial charge in [0.2, 0.25) is 0 Å². The molecular formula is C6H6NTi. The first-order chi connectivity index (χ1) is 3.39. The van der Waals surface area contributed by atoms with Gasteiger partial charge in [0.05, 0.1) is 0 Å². The predicted molar refractivity (Wildman–Crippen MR) is 29.7 cm³/mol. The van der Waals surface area contributed by atoms with Crippen molar-refractivity contribution in [3.8, 4) is 0 Å². The molecule has 0 bridgehead atoms. The number of nitrogen functional groups attached to an aromatic ring is 1. The number of hydrogen-bond acceptors (Lipinski definition) is 1. The van der Waals surface area contributed by atoms with E-state index in [9.17, 15) is 0 Å². The van der Waals surface area contributed by atoms with Crippen LogP contribution >= 0.6 is 0 Å². The van der Waals surface area contributed by atoms with Crippen LogP contribution in [0, 0.1) is 6.07 Å². The minimum absolute atomic E-state index is 0. The fraction of sp³-hybridized carbons (Fsp3) is 0. The van der Waals surface area contributed by atoms with E-state index in [1.54, 1.807) is 24.3 Å². The molecule has 2 N–H and O–H groups in total. The van der Waals surface area contributed by atoms with Crippen molar-refractivity contribution in [2.45, 2.75) is 0 Å². The van der Waals surface area contributed by atoms with Gasteiger partial charge in [-0.25, -0.2) is 0 Å². The SMILES string of the molecule is Nc1cc[c]cc1.[Ti]. The molecule has 0 saturated heterocycles. The van der Waals surface area contributed by atoms with E-state index < -0.39 is 0 Å². The van der Waals surface area contributed by atoms with E-state index in [1.165, 1.54) is 0 Å². The minimum Gasteiger partial charge on any atom is -0.399 e. The van der Waals surface area contributed by atoms with Crippen LogP contribution in [0.15, 0.2) is 24.3 Å². The smallest absolute Gasteiger partial charge is 0.0314 e. The molecule has 2 heteroatoms. The number of hydrogen-bond donors (Lipinski definition) is 1. The van der Waals surface area contributed by atoms with E-state index >= 15 is 0 Å². The molecule has 0 aliphatic carbocycles. The second-order valence-corrected chi connectivity index (χ2v) is 1.33. The van der Waals surface area contributed by atoms with Crippen molar-refractivity contribution in [2.75, 3.05) is 5.73 Å². The standard InChI is InChI=1S/C6H6N.Ti/c7-6-4-2-1-3-5-6;/h2-5H,7H2;. The van der Waals surface area contributed by atoms with Crippen LogP contribution in [0.5, 0.6) is 0 Å². The second kappa shape index (κ2) is 3.70. The van der Waals surface area contributed by atoms with Gasteiger partial charge in [0.15, 0.2) is 0 Å². The zero-order valence-corrected chi connectivity index (χ0v) is 5.95. The van der Waals surface area contributed by atoms with E-state index in [0.717, 1.165) is 5.69 Å². The van der Waals surface area contributed by atoms with Gasteiger partial charge in [-0.3, -0.25) is 0 Å². The normalized spacial score (nSPS) is 7.50. The van der Waals surface area contributed by atoms with E-state index in [0.29, 0.717) is 0 Å². The van der Waals surface area contributed by atoms with E-state index in [-0.39, 0.29) is 21.7 Å². The Hall–Kier alpha value is -0.266. The Balaban J connectivity index is 0.000000490. The summed E-state index contributed by atoms with van der Waals surface area (Å²) in [6, 6.07) is 10.0. The van der Waals surface area contributed by atoms with Crippen molar-refractivity contribution in [2.24, 2.45) is 0 Å². The first-order valence-electron chi connectivity index (χ1n) is 2.11. The number of rotatable bonds is 0. The molecule has 0 heterocycles. The monoisotopic (exact) mass is 140 g/mol. The van der Waals surface area contributed by atoms with Crippen LogP contribution in [0.4, 0.5) is 5.69 Å². The first kappa shape index (κ1) is 7.73. The van der Waals surface area contributed by atoms with E-state index in [2.05, 4.69) is 6.07 Å². The summed E-state index contributed by atoms with van der Waals surface area (Å²) in [6.45, 7) is 0. The quantitative estimate of drug-likeness (QED) is 0.423. The summed E-state index contributed by atoms with van der Waals surface area (Å²) in [5.74, 6) is 0. The summed E-state index contributed by atoms with van der Waals surface area (Å²) < 4.78 is 0. The van der Waals surface area contributed by atoms with Crippen molar-refractivity contribution >= 4 is 5.69 Å². The Labute approximate surface area is 63.8 Å². The van der Waals surface area contributed by atoms with Crippen molar-refractivity contribution in [3.05, 3.63) is 30.3 Å². The van der Waals surface area contributed by atoms with Gasteiger partial charge in [-0.05, 0) is 18.2 Å². The molecule has 0 spiro atoms. The van der Waals surface area contributed by atoms with Gasteiger partial charge in [-0.15, -0.1) is 0 Å². The number of anilines is 1. The van der Waals surface area contributed by atoms with Crippen LogP contribution in [-0.4, -0.2) is 0 Å². The van der Waals surface area contributed by atoms with E-state index in [1.807, 2.05) is 0 Å². The summed E-state index contributed by atoms with van der Waals surface area (Å²) >= 11 is 0. The molecule has 0 aromatic heterocycles. The van der Waals surface area contributed by atoms with Crippen molar-refractivity contribution in [1.82, 2.24) is 0 Å². The maximum Gasteiger partial charge on any atom is 0.0314 e. The average molecular weight is 140 g/mol. The molecule has 1 aromatic rings. The molecule has 1 aromatic carbocycles. The van der Waals surface area contributed by atoms with Crippen LogP contribution < -0.4 is 5.73 Å². The average Bonchev–Trinajstić information content (AvgIpc) is 1.69. The Morgan fingerprint density at radius 2 is 1.75 bits per heavy atom. The van der Waals surface area contributed by atoms with Gasteiger partial charge in [0, 0.05) is 27.4 Å².